The predicted octanol–water partition coefficient (Wildman–Crippen LogP) is 3.20. The topological polar surface area (TPSA) is 82.5 Å². The summed E-state index contributed by atoms with van der Waals surface area (Å²) in [5.74, 6) is -0.955. The van der Waals surface area contributed by atoms with E-state index in [1.807, 2.05) is 17.2 Å². The number of rotatable bonds is 4. The second kappa shape index (κ2) is 7.00. The van der Waals surface area contributed by atoms with Gasteiger partial charge >= 0.3 is 12.0 Å². The first-order valence-corrected chi connectivity index (χ1v) is 8.71. The summed E-state index contributed by atoms with van der Waals surface area (Å²) in [4.78, 5) is 29.7. The lowest BCUT2D eigenvalue weighted by Crippen LogP contribution is -2.39. The third kappa shape index (κ3) is 3.56. The second-order valence-corrected chi connectivity index (χ2v) is 6.87. The van der Waals surface area contributed by atoms with Gasteiger partial charge in [0, 0.05) is 18.5 Å². The molecule has 1 aliphatic rings. The van der Waals surface area contributed by atoms with Crippen LogP contribution < -0.4 is 5.32 Å². The average Bonchev–Trinajstić information content (AvgIpc) is 3.21. The number of urea groups is 1. The van der Waals surface area contributed by atoms with Gasteiger partial charge in [0.2, 0.25) is 0 Å². The zero-order chi connectivity index (χ0) is 17.1. The third-order valence-electron chi connectivity index (χ3n) is 4.14. The molecule has 1 aliphatic heterocycles. The highest BCUT2D eigenvalue weighted by molar-refractivity contribution is 7.09. The number of likely N-dealkylation sites (tertiary alicyclic amines) is 1. The number of nitrogens with one attached hydrogen (secondary N) is 1. The molecule has 126 valence electrons. The van der Waals surface area contributed by atoms with Crippen molar-refractivity contribution in [3.8, 4) is 0 Å². The van der Waals surface area contributed by atoms with E-state index in [9.17, 15) is 9.59 Å². The van der Waals surface area contributed by atoms with E-state index in [2.05, 4.69) is 10.3 Å². The maximum Gasteiger partial charge on any atom is 0.335 e. The number of aromatic nitrogens is 1. The van der Waals surface area contributed by atoms with Crippen molar-refractivity contribution in [2.45, 2.75) is 32.4 Å². The van der Waals surface area contributed by atoms with Gasteiger partial charge in [0.1, 0.15) is 0 Å². The van der Waals surface area contributed by atoms with Crippen LogP contribution in [0, 0.1) is 6.92 Å². The van der Waals surface area contributed by atoms with E-state index in [-0.39, 0.29) is 17.6 Å². The zero-order valence-corrected chi connectivity index (χ0v) is 14.2. The van der Waals surface area contributed by atoms with Crippen molar-refractivity contribution in [3.05, 3.63) is 51.5 Å². The Morgan fingerprint density at radius 1 is 1.38 bits per heavy atom. The van der Waals surface area contributed by atoms with Crippen molar-refractivity contribution < 1.29 is 14.7 Å². The van der Waals surface area contributed by atoms with E-state index in [0.29, 0.717) is 6.54 Å². The SMILES string of the molecule is Cc1nc([C@H]2CCCN2C(=O)NCc2ccc(C(=O)O)cc2)cs1. The Kier molecular flexibility index (Phi) is 4.80. The molecule has 0 bridgehead atoms. The Morgan fingerprint density at radius 3 is 2.75 bits per heavy atom. The van der Waals surface area contributed by atoms with E-state index in [4.69, 9.17) is 5.11 Å². The summed E-state index contributed by atoms with van der Waals surface area (Å²) in [5.41, 5.74) is 2.08. The van der Waals surface area contributed by atoms with E-state index >= 15 is 0 Å². The summed E-state index contributed by atoms with van der Waals surface area (Å²) in [7, 11) is 0. The fourth-order valence-electron chi connectivity index (χ4n) is 2.89. The van der Waals surface area contributed by atoms with Crippen LogP contribution in [0.3, 0.4) is 0 Å². The van der Waals surface area contributed by atoms with Crippen molar-refractivity contribution in [1.29, 1.82) is 0 Å². The minimum Gasteiger partial charge on any atom is -0.478 e. The van der Waals surface area contributed by atoms with Gasteiger partial charge < -0.3 is 15.3 Å². The van der Waals surface area contributed by atoms with Crippen LogP contribution in [0.2, 0.25) is 0 Å². The molecule has 2 N–H and O–H groups in total. The van der Waals surface area contributed by atoms with Crippen LogP contribution in [0.15, 0.2) is 29.6 Å². The molecule has 6 nitrogen and oxygen atoms in total. The minimum atomic E-state index is -0.955. The average molecular weight is 345 g/mol. The second-order valence-electron chi connectivity index (χ2n) is 5.80. The molecule has 1 fully saturated rings. The van der Waals surface area contributed by atoms with Gasteiger partial charge in [-0.3, -0.25) is 0 Å². The highest BCUT2D eigenvalue weighted by Crippen LogP contribution is 2.32. The molecule has 3 rings (SSSR count). The minimum absolute atomic E-state index is 0.0457. The first-order chi connectivity index (χ1) is 11.5. The van der Waals surface area contributed by atoms with E-state index in [0.717, 1.165) is 35.7 Å². The molecule has 0 unspecified atom stereocenters. The van der Waals surface area contributed by atoms with Gasteiger partial charge in [-0.2, -0.15) is 0 Å². The van der Waals surface area contributed by atoms with Crippen molar-refractivity contribution in [1.82, 2.24) is 15.2 Å². The first kappa shape index (κ1) is 16.4. The number of carbonyl (C=O) groups is 2. The number of benzene rings is 1. The number of hydrogen-bond donors (Lipinski definition) is 2. The Morgan fingerprint density at radius 2 is 2.12 bits per heavy atom. The highest BCUT2D eigenvalue weighted by Gasteiger charge is 2.31. The van der Waals surface area contributed by atoms with Crippen LogP contribution in [-0.4, -0.2) is 33.5 Å². The molecular formula is C17H19N3O3S. The van der Waals surface area contributed by atoms with Crippen LogP contribution >= 0.6 is 11.3 Å². The molecule has 7 heteroatoms. The van der Waals surface area contributed by atoms with Gasteiger partial charge in [-0.1, -0.05) is 12.1 Å². The molecule has 1 atom stereocenters. The molecule has 1 saturated heterocycles. The molecule has 0 aliphatic carbocycles. The van der Waals surface area contributed by atoms with Crippen LogP contribution in [0.1, 0.15) is 45.5 Å². The molecule has 1 aromatic carbocycles. The molecule has 2 heterocycles. The molecule has 1 aromatic heterocycles. The van der Waals surface area contributed by atoms with Crippen LogP contribution in [0.5, 0.6) is 0 Å². The molecule has 2 amide bonds. The van der Waals surface area contributed by atoms with Gasteiger partial charge in [-0.05, 0) is 37.5 Å². The fraction of sp³-hybridized carbons (Fsp3) is 0.353. The van der Waals surface area contributed by atoms with Crippen LogP contribution in [-0.2, 0) is 6.54 Å². The van der Waals surface area contributed by atoms with Crippen molar-refractivity contribution >= 4 is 23.3 Å². The van der Waals surface area contributed by atoms with Gasteiger partial charge in [-0.15, -0.1) is 11.3 Å². The quantitative estimate of drug-likeness (QED) is 0.891. The number of thiazole rings is 1. The van der Waals surface area contributed by atoms with Gasteiger partial charge in [0.15, 0.2) is 0 Å². The molecule has 0 spiro atoms. The van der Waals surface area contributed by atoms with Crippen LogP contribution in [0.25, 0.3) is 0 Å². The smallest absolute Gasteiger partial charge is 0.335 e. The lowest BCUT2D eigenvalue weighted by Gasteiger charge is -2.23. The van der Waals surface area contributed by atoms with Crippen molar-refractivity contribution in [3.63, 3.8) is 0 Å². The summed E-state index contributed by atoms with van der Waals surface area (Å²) >= 11 is 1.60. The molecule has 24 heavy (non-hydrogen) atoms. The number of nitrogens with zero attached hydrogens (tertiary/aromatic N) is 2. The summed E-state index contributed by atoms with van der Waals surface area (Å²) < 4.78 is 0. The maximum absolute atomic E-state index is 12.5. The monoisotopic (exact) mass is 345 g/mol. The number of amides is 2. The van der Waals surface area contributed by atoms with E-state index < -0.39 is 5.97 Å². The Balaban J connectivity index is 1.60. The Hall–Kier alpha value is -2.41. The van der Waals surface area contributed by atoms with Gasteiger partial charge in [0.05, 0.1) is 22.3 Å². The number of carboxylic acid groups (broad SMARTS) is 1. The number of carbonyl (C=O) groups excluding carboxylic acids is 1. The number of aryl methyl sites for hydroxylation is 1. The highest BCUT2D eigenvalue weighted by atomic mass is 32.1. The standard InChI is InChI=1S/C17H19N3O3S/c1-11-19-14(10-24-11)15-3-2-8-20(15)17(23)18-9-12-4-6-13(7-5-12)16(21)22/h4-7,10,15H,2-3,8-9H2,1H3,(H,18,23)(H,21,22)/t15-/m1/s1. The van der Waals surface area contributed by atoms with E-state index in [1.165, 1.54) is 0 Å². The largest absolute Gasteiger partial charge is 0.478 e. The Labute approximate surface area is 144 Å². The summed E-state index contributed by atoms with van der Waals surface area (Å²) in [6, 6.07) is 6.46. The normalized spacial score (nSPS) is 17.0. The molecular weight excluding hydrogens is 326 g/mol. The summed E-state index contributed by atoms with van der Waals surface area (Å²) in [6.45, 7) is 3.07. The lowest BCUT2D eigenvalue weighted by molar-refractivity contribution is 0.0697. The number of hydrogen-bond acceptors (Lipinski definition) is 4. The summed E-state index contributed by atoms with van der Waals surface area (Å²) in [6.07, 6.45) is 1.91. The van der Waals surface area contributed by atoms with Gasteiger partial charge in [0.25, 0.3) is 0 Å². The first-order valence-electron chi connectivity index (χ1n) is 7.83. The van der Waals surface area contributed by atoms with E-state index in [1.54, 1.807) is 35.6 Å². The predicted molar refractivity (Wildman–Crippen MR) is 91.2 cm³/mol. The lowest BCUT2D eigenvalue weighted by atomic mass is 10.1. The molecule has 0 saturated carbocycles. The van der Waals surface area contributed by atoms with Crippen molar-refractivity contribution in [2.75, 3.05) is 6.54 Å². The van der Waals surface area contributed by atoms with Crippen molar-refractivity contribution in [2.24, 2.45) is 0 Å². The van der Waals surface area contributed by atoms with Crippen LogP contribution in [0.4, 0.5) is 4.79 Å². The maximum atomic E-state index is 12.5. The third-order valence-corrected chi connectivity index (χ3v) is 4.93. The number of carboxylic acids is 1. The van der Waals surface area contributed by atoms with Gasteiger partial charge in [-0.25, -0.2) is 14.6 Å². The number of aromatic carboxylic acids is 1. The zero-order valence-electron chi connectivity index (χ0n) is 13.4. The fourth-order valence-corrected chi connectivity index (χ4v) is 3.55. The molecule has 2 aromatic rings. The molecule has 0 radical (unpaired) electrons. The summed E-state index contributed by atoms with van der Waals surface area (Å²) in [5, 5.41) is 14.8. The Bertz CT molecular complexity index is 742.